The molecule has 0 aromatic carbocycles. The molecule has 0 spiro atoms. The van der Waals surface area contributed by atoms with Crippen molar-refractivity contribution in [3.8, 4) is 0 Å². The van der Waals surface area contributed by atoms with Gasteiger partial charge in [0.2, 0.25) is 0 Å². The summed E-state index contributed by atoms with van der Waals surface area (Å²) in [5.74, 6) is 0. The maximum atomic E-state index is 8.88. The van der Waals surface area contributed by atoms with Crippen molar-refractivity contribution in [1.82, 2.24) is 0 Å². The first-order valence-electron chi connectivity index (χ1n) is 2.35. The molecule has 0 atom stereocenters. The normalized spacial score (nSPS) is 9.83. The van der Waals surface area contributed by atoms with Gasteiger partial charge in [-0.05, 0) is 0 Å². The molecular formula is H15O15P3. The van der Waals surface area contributed by atoms with Crippen LogP contribution in [0.3, 0.4) is 0 Å². The molecular weight excluding hydrogens is 333 g/mol. The largest absolute Gasteiger partial charge is 0.466 e. The van der Waals surface area contributed by atoms with E-state index in [9.17, 15) is 0 Å². The Morgan fingerprint density at radius 3 is 0.389 bits per heavy atom. The summed E-state index contributed by atoms with van der Waals surface area (Å²) in [7, 11) is -13.9. The summed E-state index contributed by atoms with van der Waals surface area (Å²) >= 11 is 0. The van der Waals surface area contributed by atoms with Crippen LogP contribution in [0, 0.1) is 0 Å². The number of phosphoric acid groups is 3. The van der Waals surface area contributed by atoms with Crippen molar-refractivity contribution in [3.05, 3.63) is 0 Å². The van der Waals surface area contributed by atoms with Gasteiger partial charge in [0.25, 0.3) is 0 Å². The van der Waals surface area contributed by atoms with E-state index in [2.05, 4.69) is 0 Å². The van der Waals surface area contributed by atoms with E-state index in [1.807, 2.05) is 0 Å². The van der Waals surface area contributed by atoms with Crippen molar-refractivity contribution in [2.75, 3.05) is 0 Å². The highest BCUT2D eigenvalue weighted by Crippen LogP contribution is 2.26. The Morgan fingerprint density at radius 1 is 0.389 bits per heavy atom. The van der Waals surface area contributed by atoms with Gasteiger partial charge in [-0.3, -0.25) is 0 Å². The Morgan fingerprint density at radius 2 is 0.389 bits per heavy atom. The molecule has 120 valence electrons. The lowest BCUT2D eigenvalue weighted by atomic mass is 15.8. The molecule has 18 heteroatoms. The van der Waals surface area contributed by atoms with E-state index in [4.69, 9.17) is 57.7 Å². The molecule has 0 saturated heterocycles. The van der Waals surface area contributed by atoms with E-state index in [0.29, 0.717) is 0 Å². The van der Waals surface area contributed by atoms with E-state index < -0.39 is 23.5 Å². The lowest BCUT2D eigenvalue weighted by Crippen LogP contribution is -1.66. The predicted molar refractivity (Wildman–Crippen MR) is 53.6 cm³/mol. The molecule has 0 rings (SSSR count). The highest BCUT2D eigenvalue weighted by molar-refractivity contribution is 7.45. The molecule has 0 heterocycles. The van der Waals surface area contributed by atoms with Crippen LogP contribution < -0.4 is 0 Å². The second-order valence-corrected chi connectivity index (χ2v) is 4.62. The van der Waals surface area contributed by atoms with Gasteiger partial charge in [0.05, 0.1) is 0 Å². The van der Waals surface area contributed by atoms with Crippen molar-refractivity contribution in [3.63, 3.8) is 0 Å². The van der Waals surface area contributed by atoms with Gasteiger partial charge < -0.3 is 60.5 Å². The van der Waals surface area contributed by atoms with E-state index in [0.717, 1.165) is 0 Å². The minimum atomic E-state index is -4.64. The molecule has 0 aliphatic heterocycles. The summed E-state index contributed by atoms with van der Waals surface area (Å²) in [6.07, 6.45) is 0. The third kappa shape index (κ3) is 85000. The van der Waals surface area contributed by atoms with Gasteiger partial charge in [-0.25, -0.2) is 13.7 Å². The van der Waals surface area contributed by atoms with E-state index >= 15 is 0 Å². The lowest BCUT2D eigenvalue weighted by molar-refractivity contribution is 0.272. The zero-order valence-corrected chi connectivity index (χ0v) is 10.8. The summed E-state index contributed by atoms with van der Waals surface area (Å²) in [6, 6.07) is 0. The molecule has 18 heavy (non-hydrogen) atoms. The third-order valence-corrected chi connectivity index (χ3v) is 0. The second-order valence-electron chi connectivity index (χ2n) is 1.54. The smallest absolute Gasteiger partial charge is 0.412 e. The summed E-state index contributed by atoms with van der Waals surface area (Å²) in [5, 5.41) is 0. The van der Waals surface area contributed by atoms with Gasteiger partial charge in [0, 0.05) is 0 Å². The van der Waals surface area contributed by atoms with Crippen LogP contribution in [0.5, 0.6) is 0 Å². The molecule has 0 aliphatic rings. The average Bonchev–Trinajstić information content (AvgIpc) is 1.41. The molecule has 0 aromatic rings. The molecule has 0 aromatic heterocycles. The molecule has 0 radical (unpaired) electrons. The topological polar surface area (TPSA) is 328 Å². The fourth-order valence-corrected chi connectivity index (χ4v) is 0. The molecule has 0 aliphatic carbocycles. The van der Waals surface area contributed by atoms with Crippen LogP contribution in [0.2, 0.25) is 0 Å². The van der Waals surface area contributed by atoms with Gasteiger partial charge in [-0.1, -0.05) is 0 Å². The molecule has 0 unspecified atom stereocenters. The van der Waals surface area contributed by atoms with Crippen molar-refractivity contribution < 1.29 is 74.2 Å². The van der Waals surface area contributed by atoms with Crippen LogP contribution in [0.4, 0.5) is 0 Å². The van der Waals surface area contributed by atoms with E-state index in [-0.39, 0.29) is 16.4 Å². The summed E-state index contributed by atoms with van der Waals surface area (Å²) in [5.41, 5.74) is 0. The maximum absolute atomic E-state index is 8.88. The fraction of sp³-hybridized carbons (Fsp3) is 0. The Balaban J connectivity index is -0.0000000277. The van der Waals surface area contributed by atoms with Crippen molar-refractivity contribution in [2.24, 2.45) is 0 Å². The Hall–Kier alpha value is 0.210. The predicted octanol–water partition coefficient (Wildman–Crippen LogP) is -5.26. The van der Waals surface area contributed by atoms with Crippen molar-refractivity contribution >= 4 is 23.5 Å². The SMILES string of the molecule is O.O.O.O=P(O)(O)O.O=P(O)(O)O.O=P(O)(O)O. The van der Waals surface area contributed by atoms with E-state index in [1.54, 1.807) is 0 Å². The zero-order valence-electron chi connectivity index (χ0n) is 8.09. The Kier molecular flexibility index (Phi) is 27.4. The Bertz CT molecular complexity index is 198. The first kappa shape index (κ1) is 36.2. The first-order chi connectivity index (χ1) is 6.00. The number of hydrogen-bond donors (Lipinski definition) is 9. The molecule has 0 amide bonds. The van der Waals surface area contributed by atoms with Crippen molar-refractivity contribution in [1.29, 1.82) is 0 Å². The first-order valence-corrected chi connectivity index (χ1v) is 7.04. The van der Waals surface area contributed by atoms with Crippen LogP contribution in [0.15, 0.2) is 0 Å². The van der Waals surface area contributed by atoms with Crippen LogP contribution in [0.1, 0.15) is 0 Å². The average molecular weight is 348 g/mol. The summed E-state index contributed by atoms with van der Waals surface area (Å²) in [4.78, 5) is 64.7. The van der Waals surface area contributed by atoms with Crippen LogP contribution in [-0.2, 0) is 13.7 Å². The minimum Gasteiger partial charge on any atom is -0.412 e. The van der Waals surface area contributed by atoms with Gasteiger partial charge in [0.1, 0.15) is 0 Å². The zero-order chi connectivity index (χ0) is 13.5. The van der Waals surface area contributed by atoms with Gasteiger partial charge >= 0.3 is 23.5 Å². The minimum absolute atomic E-state index is 0. The number of rotatable bonds is 0. The Labute approximate surface area is 98.6 Å². The molecule has 0 bridgehead atoms. The fourth-order valence-electron chi connectivity index (χ4n) is 0. The van der Waals surface area contributed by atoms with Crippen LogP contribution >= 0.6 is 23.5 Å². The van der Waals surface area contributed by atoms with Gasteiger partial charge in [-0.15, -0.1) is 0 Å². The standard InChI is InChI=1S/3H3O4P.3H2O/c3*1-5(2,3)4;;;/h3*(H3,1,2,3,4);3*1H2. The molecule has 15 N–H and O–H groups in total. The van der Waals surface area contributed by atoms with Crippen LogP contribution in [0.25, 0.3) is 0 Å². The summed E-state index contributed by atoms with van der Waals surface area (Å²) < 4.78 is 26.6. The van der Waals surface area contributed by atoms with E-state index in [1.165, 1.54) is 0 Å². The van der Waals surface area contributed by atoms with Gasteiger partial charge in [0.15, 0.2) is 0 Å². The summed E-state index contributed by atoms with van der Waals surface area (Å²) in [6.45, 7) is 0. The second kappa shape index (κ2) is 13.6. The number of hydrogen-bond acceptors (Lipinski definition) is 3. The highest BCUT2D eigenvalue weighted by Gasteiger charge is 2.01. The molecule has 15 nitrogen and oxygen atoms in total. The monoisotopic (exact) mass is 348 g/mol. The highest BCUT2D eigenvalue weighted by atomic mass is 31.2. The van der Waals surface area contributed by atoms with Gasteiger partial charge in [-0.2, -0.15) is 0 Å². The van der Waals surface area contributed by atoms with Crippen LogP contribution in [-0.4, -0.2) is 60.5 Å². The molecule has 0 saturated carbocycles. The van der Waals surface area contributed by atoms with Crippen molar-refractivity contribution in [2.45, 2.75) is 0 Å². The molecule has 0 fully saturated rings. The maximum Gasteiger partial charge on any atom is 0.466 e. The quantitative estimate of drug-likeness (QED) is 0.185. The lowest BCUT2D eigenvalue weighted by Gasteiger charge is -1.82. The third-order valence-electron chi connectivity index (χ3n) is 0.